The molecule has 1 rings (SSSR count). The lowest BCUT2D eigenvalue weighted by Gasteiger charge is -2.22. The third-order valence-electron chi connectivity index (χ3n) is 3.58. The Balaban J connectivity index is 2.06. The summed E-state index contributed by atoms with van der Waals surface area (Å²) in [5.74, 6) is 0.0749. The third kappa shape index (κ3) is 12.5. The quantitative estimate of drug-likeness (QED) is 0.249. The van der Waals surface area contributed by atoms with Gasteiger partial charge in [0.2, 0.25) is 5.91 Å². The van der Waals surface area contributed by atoms with Crippen LogP contribution in [0, 0.1) is 0 Å². The maximum absolute atomic E-state index is 12.0. The van der Waals surface area contributed by atoms with Crippen molar-refractivity contribution >= 4 is 36.1 Å². The van der Waals surface area contributed by atoms with Gasteiger partial charge in [0.1, 0.15) is 0 Å². The molecule has 0 aliphatic heterocycles. The Kier molecular flexibility index (Phi) is 13.1. The van der Waals surface area contributed by atoms with Crippen molar-refractivity contribution in [2.75, 3.05) is 11.9 Å². The topological polar surface area (TPSA) is 59.6 Å². The van der Waals surface area contributed by atoms with Crippen LogP contribution in [-0.4, -0.2) is 24.7 Å². The average molecular weight is 461 g/mol. The SMILES string of the molecule is CC(C)OP(NCCCCCCCC(=O)Nc1ccccc1Br)OC(C)C. The van der Waals surface area contributed by atoms with Crippen LogP contribution < -0.4 is 10.4 Å². The maximum Gasteiger partial charge on any atom is 0.256 e. The summed E-state index contributed by atoms with van der Waals surface area (Å²) < 4.78 is 12.5. The highest BCUT2D eigenvalue weighted by molar-refractivity contribution is 9.10. The lowest BCUT2D eigenvalue weighted by Crippen LogP contribution is -2.17. The number of carbonyl (C=O) groups is 1. The zero-order valence-electron chi connectivity index (χ0n) is 17.0. The van der Waals surface area contributed by atoms with E-state index in [0.717, 1.165) is 48.8 Å². The van der Waals surface area contributed by atoms with Gasteiger partial charge in [-0.3, -0.25) is 9.88 Å². The molecule has 0 aliphatic carbocycles. The van der Waals surface area contributed by atoms with Crippen molar-refractivity contribution in [3.63, 3.8) is 0 Å². The molecule has 0 fully saturated rings. The predicted molar refractivity (Wildman–Crippen MR) is 118 cm³/mol. The van der Waals surface area contributed by atoms with Gasteiger partial charge in [0.15, 0.2) is 0 Å². The van der Waals surface area contributed by atoms with Crippen LogP contribution in [-0.2, 0) is 13.8 Å². The van der Waals surface area contributed by atoms with Crippen molar-refractivity contribution in [3.8, 4) is 0 Å². The number of amides is 1. The molecule has 0 atom stereocenters. The van der Waals surface area contributed by atoms with Crippen LogP contribution in [0.1, 0.15) is 66.2 Å². The number of benzene rings is 1. The van der Waals surface area contributed by atoms with Crippen molar-refractivity contribution in [2.45, 2.75) is 78.4 Å². The summed E-state index contributed by atoms with van der Waals surface area (Å²) >= 11 is 3.44. The summed E-state index contributed by atoms with van der Waals surface area (Å²) in [5, 5.41) is 6.32. The van der Waals surface area contributed by atoms with Crippen LogP contribution in [0.4, 0.5) is 5.69 Å². The largest absolute Gasteiger partial charge is 0.325 e. The van der Waals surface area contributed by atoms with E-state index in [1.54, 1.807) is 0 Å². The smallest absolute Gasteiger partial charge is 0.256 e. The number of halogens is 1. The highest BCUT2D eigenvalue weighted by Crippen LogP contribution is 2.36. The molecule has 0 aliphatic rings. The summed E-state index contributed by atoms with van der Waals surface area (Å²) in [7, 11) is -1.01. The van der Waals surface area contributed by atoms with Crippen LogP contribution in [0.2, 0.25) is 0 Å². The van der Waals surface area contributed by atoms with Gasteiger partial charge >= 0.3 is 0 Å². The molecule has 0 bridgehead atoms. The second kappa shape index (κ2) is 14.5. The Morgan fingerprint density at radius 2 is 1.59 bits per heavy atom. The zero-order chi connectivity index (χ0) is 20.1. The summed E-state index contributed by atoms with van der Waals surface area (Å²) in [6, 6.07) is 7.67. The Morgan fingerprint density at radius 3 is 2.22 bits per heavy atom. The number of hydrogen-bond acceptors (Lipinski definition) is 4. The summed E-state index contributed by atoms with van der Waals surface area (Å²) in [6.07, 6.45) is 6.24. The number of hydrogen-bond donors (Lipinski definition) is 2. The van der Waals surface area contributed by atoms with Crippen molar-refractivity contribution in [1.29, 1.82) is 0 Å². The molecule has 1 amide bonds. The van der Waals surface area contributed by atoms with Crippen molar-refractivity contribution in [2.24, 2.45) is 0 Å². The van der Waals surface area contributed by atoms with Crippen LogP contribution in [0.15, 0.2) is 28.7 Å². The first-order valence-electron chi connectivity index (χ1n) is 9.80. The third-order valence-corrected chi connectivity index (χ3v) is 5.98. The molecule has 1 aromatic rings. The second-order valence-electron chi connectivity index (χ2n) is 7.02. The summed E-state index contributed by atoms with van der Waals surface area (Å²) in [6.45, 7) is 8.98. The first-order valence-corrected chi connectivity index (χ1v) is 11.8. The predicted octanol–water partition coefficient (Wildman–Crippen LogP) is 6.39. The first-order chi connectivity index (χ1) is 12.9. The van der Waals surface area contributed by atoms with Crippen LogP contribution >= 0.6 is 24.5 Å². The van der Waals surface area contributed by atoms with Gasteiger partial charge in [-0.05, 0) is 68.6 Å². The van der Waals surface area contributed by atoms with Crippen molar-refractivity contribution in [3.05, 3.63) is 28.7 Å². The van der Waals surface area contributed by atoms with Gasteiger partial charge in [-0.25, -0.2) is 0 Å². The van der Waals surface area contributed by atoms with E-state index in [1.807, 2.05) is 52.0 Å². The molecule has 0 radical (unpaired) electrons. The number of anilines is 1. The minimum atomic E-state index is -1.01. The molecule has 0 saturated carbocycles. The van der Waals surface area contributed by atoms with Gasteiger partial charge in [0.25, 0.3) is 8.53 Å². The fourth-order valence-electron chi connectivity index (χ4n) is 2.37. The van der Waals surface area contributed by atoms with Gasteiger partial charge in [-0.1, -0.05) is 31.4 Å². The molecule has 154 valence electrons. The van der Waals surface area contributed by atoms with Gasteiger partial charge < -0.3 is 14.4 Å². The Hall–Kier alpha value is -0.520. The minimum absolute atomic E-state index is 0.0749. The van der Waals surface area contributed by atoms with Gasteiger partial charge in [-0.15, -0.1) is 0 Å². The van der Waals surface area contributed by atoms with E-state index in [0.29, 0.717) is 6.42 Å². The van der Waals surface area contributed by atoms with E-state index in [-0.39, 0.29) is 18.1 Å². The van der Waals surface area contributed by atoms with E-state index in [2.05, 4.69) is 26.3 Å². The maximum atomic E-state index is 12.0. The number of unbranched alkanes of at least 4 members (excludes halogenated alkanes) is 4. The monoisotopic (exact) mass is 460 g/mol. The minimum Gasteiger partial charge on any atom is -0.325 e. The molecule has 0 spiro atoms. The number of carbonyl (C=O) groups excluding carboxylic acids is 1. The number of rotatable bonds is 14. The van der Waals surface area contributed by atoms with Crippen LogP contribution in [0.25, 0.3) is 0 Å². The molecule has 2 N–H and O–H groups in total. The normalized spacial score (nSPS) is 11.6. The Bertz CT molecular complexity index is 534. The number of para-hydroxylation sites is 1. The van der Waals surface area contributed by atoms with E-state index in [4.69, 9.17) is 9.05 Å². The van der Waals surface area contributed by atoms with Gasteiger partial charge in [0.05, 0.1) is 17.9 Å². The Labute approximate surface area is 174 Å². The summed E-state index contributed by atoms with van der Waals surface area (Å²) in [4.78, 5) is 12.0. The summed E-state index contributed by atoms with van der Waals surface area (Å²) in [5.41, 5.74) is 0.831. The molecule has 0 aromatic heterocycles. The molecule has 1 aromatic carbocycles. The first kappa shape index (κ1) is 24.5. The van der Waals surface area contributed by atoms with Crippen molar-refractivity contribution in [1.82, 2.24) is 5.09 Å². The lowest BCUT2D eigenvalue weighted by molar-refractivity contribution is -0.116. The molecule has 0 unspecified atom stereocenters. The fraction of sp³-hybridized carbons (Fsp3) is 0.650. The number of nitrogens with one attached hydrogen (secondary N) is 2. The van der Waals surface area contributed by atoms with E-state index < -0.39 is 8.53 Å². The molecule has 5 nitrogen and oxygen atoms in total. The Morgan fingerprint density at radius 1 is 1.00 bits per heavy atom. The highest BCUT2D eigenvalue weighted by atomic mass is 79.9. The second-order valence-corrected chi connectivity index (χ2v) is 9.13. The van der Waals surface area contributed by atoms with Crippen LogP contribution in [0.5, 0.6) is 0 Å². The highest BCUT2D eigenvalue weighted by Gasteiger charge is 2.14. The average Bonchev–Trinajstić information content (AvgIpc) is 2.58. The van der Waals surface area contributed by atoms with Crippen molar-refractivity contribution < 1.29 is 13.8 Å². The van der Waals surface area contributed by atoms with Crippen LogP contribution in [0.3, 0.4) is 0 Å². The lowest BCUT2D eigenvalue weighted by atomic mass is 10.1. The molecule has 0 heterocycles. The molecular weight excluding hydrogens is 427 g/mol. The fourth-order valence-corrected chi connectivity index (χ4v) is 4.06. The standard InChI is InChI=1S/C20H34BrN2O3P/c1-16(2)25-27(26-17(3)4)22-15-11-7-5-6-8-14-20(24)23-19-13-10-9-12-18(19)21/h9-10,12-13,16-17,22H,5-8,11,14-15H2,1-4H3,(H,23,24). The van der Waals surface area contributed by atoms with E-state index in [1.165, 1.54) is 0 Å². The van der Waals surface area contributed by atoms with Gasteiger partial charge in [0, 0.05) is 17.4 Å². The van der Waals surface area contributed by atoms with E-state index >= 15 is 0 Å². The van der Waals surface area contributed by atoms with Gasteiger partial charge in [-0.2, -0.15) is 0 Å². The zero-order valence-corrected chi connectivity index (χ0v) is 19.4. The molecular formula is C20H34BrN2O3P. The van der Waals surface area contributed by atoms with E-state index in [9.17, 15) is 4.79 Å². The molecule has 7 heteroatoms. The molecule has 0 saturated heterocycles. The molecule has 27 heavy (non-hydrogen) atoms.